The number of urea groups is 1. The molecule has 0 bridgehead atoms. The summed E-state index contributed by atoms with van der Waals surface area (Å²) in [5.74, 6) is 0.743. The average Bonchev–Trinajstić information content (AvgIpc) is 2.87. The van der Waals surface area contributed by atoms with Gasteiger partial charge in [-0.05, 0) is 76.8 Å². The van der Waals surface area contributed by atoms with Crippen molar-refractivity contribution in [1.82, 2.24) is 24.3 Å². The number of benzene rings is 1. The fourth-order valence-electron chi connectivity index (χ4n) is 5.19. The predicted octanol–water partition coefficient (Wildman–Crippen LogP) is 1.25. The highest BCUT2D eigenvalue weighted by Gasteiger charge is 2.31. The number of nitrogens with two attached hydrogens (primary N) is 2. The van der Waals surface area contributed by atoms with E-state index in [1.807, 2.05) is 24.3 Å². The molecule has 11 nitrogen and oxygen atoms in total. The molecule has 1 aromatic carbocycles. The van der Waals surface area contributed by atoms with Crippen LogP contribution in [0.15, 0.2) is 41.3 Å². The first-order valence-electron chi connectivity index (χ1n) is 13.7. The van der Waals surface area contributed by atoms with Gasteiger partial charge in [-0.25, -0.2) is 9.59 Å². The SMILES string of the molecule is CC(Cc1ccc(-n2ccc(NC(=O)N3CCN(C(=O)C(C)(C)N)CC3)nc2=O)cc1)N(C)CC1CC(N)C1. The van der Waals surface area contributed by atoms with Gasteiger partial charge < -0.3 is 26.2 Å². The van der Waals surface area contributed by atoms with Crippen molar-refractivity contribution >= 4 is 17.8 Å². The van der Waals surface area contributed by atoms with Gasteiger partial charge in [0.1, 0.15) is 5.82 Å². The molecule has 1 saturated heterocycles. The Balaban J connectivity index is 1.30. The maximum atomic E-state index is 12.7. The van der Waals surface area contributed by atoms with Crippen LogP contribution < -0.4 is 22.5 Å². The standard InChI is InChI=1S/C28H42N8O3/c1-19(33(4)18-21-16-22(29)17-21)15-20-5-7-23(8-6-20)36-10-9-24(32-27(36)39)31-26(38)35-13-11-34(12-14-35)25(37)28(2,3)30/h5-10,19,21-22H,11-18,29-30H2,1-4H3,(H,31,32,38,39). The summed E-state index contributed by atoms with van der Waals surface area (Å²) in [6.07, 6.45) is 4.76. The number of nitrogens with zero attached hydrogens (tertiary/aromatic N) is 5. The van der Waals surface area contributed by atoms with Gasteiger partial charge in [0.25, 0.3) is 0 Å². The van der Waals surface area contributed by atoms with Gasteiger partial charge in [0.2, 0.25) is 5.91 Å². The van der Waals surface area contributed by atoms with Crippen LogP contribution in [-0.2, 0) is 11.2 Å². The molecule has 39 heavy (non-hydrogen) atoms. The molecule has 212 valence electrons. The van der Waals surface area contributed by atoms with Crippen LogP contribution in [0.3, 0.4) is 0 Å². The lowest BCUT2D eigenvalue weighted by atomic mass is 9.80. The van der Waals surface area contributed by atoms with E-state index in [0.29, 0.717) is 49.9 Å². The first kappa shape index (κ1) is 28.7. The van der Waals surface area contributed by atoms with Crippen molar-refractivity contribution in [3.63, 3.8) is 0 Å². The van der Waals surface area contributed by atoms with E-state index >= 15 is 0 Å². The fourth-order valence-corrected chi connectivity index (χ4v) is 5.19. The van der Waals surface area contributed by atoms with E-state index in [0.717, 1.165) is 25.8 Å². The van der Waals surface area contributed by atoms with E-state index in [1.54, 1.807) is 35.9 Å². The van der Waals surface area contributed by atoms with Gasteiger partial charge in [0.15, 0.2) is 0 Å². The molecule has 5 N–H and O–H groups in total. The molecule has 3 amide bonds. The Morgan fingerprint density at radius 1 is 1.10 bits per heavy atom. The third-order valence-corrected chi connectivity index (χ3v) is 7.76. The second-order valence-electron chi connectivity index (χ2n) is 11.7. The zero-order valence-corrected chi connectivity index (χ0v) is 23.5. The number of hydrogen-bond acceptors (Lipinski definition) is 7. The normalized spacial score (nSPS) is 20.5. The lowest BCUT2D eigenvalue weighted by Gasteiger charge is -2.37. The van der Waals surface area contributed by atoms with Crippen LogP contribution in [0.2, 0.25) is 0 Å². The first-order valence-corrected chi connectivity index (χ1v) is 13.7. The summed E-state index contributed by atoms with van der Waals surface area (Å²) in [6, 6.07) is 9.92. The molecule has 11 heteroatoms. The molecular weight excluding hydrogens is 496 g/mol. The summed E-state index contributed by atoms with van der Waals surface area (Å²) in [6.45, 7) is 8.20. The van der Waals surface area contributed by atoms with Crippen LogP contribution in [0.5, 0.6) is 0 Å². The fraction of sp³-hybridized carbons (Fsp3) is 0.571. The highest BCUT2D eigenvalue weighted by molar-refractivity contribution is 5.89. The number of rotatable bonds is 8. The van der Waals surface area contributed by atoms with Crippen molar-refractivity contribution < 1.29 is 9.59 Å². The molecule has 2 aromatic rings. The molecule has 2 heterocycles. The van der Waals surface area contributed by atoms with Gasteiger partial charge in [0, 0.05) is 51.0 Å². The number of carbonyl (C=O) groups excluding carboxylic acids is 2. The van der Waals surface area contributed by atoms with Crippen LogP contribution in [0, 0.1) is 5.92 Å². The van der Waals surface area contributed by atoms with Crippen LogP contribution in [0.1, 0.15) is 39.2 Å². The molecule has 1 unspecified atom stereocenters. The molecule has 2 fully saturated rings. The van der Waals surface area contributed by atoms with E-state index in [-0.39, 0.29) is 17.8 Å². The molecule has 2 aliphatic rings. The number of carbonyl (C=O) groups is 2. The number of likely N-dealkylation sites (N-methyl/N-ethyl adjacent to an activating group) is 1. The zero-order valence-electron chi connectivity index (χ0n) is 23.5. The van der Waals surface area contributed by atoms with Crippen molar-refractivity contribution in [3.8, 4) is 5.69 Å². The van der Waals surface area contributed by atoms with Crippen LogP contribution in [0.4, 0.5) is 10.6 Å². The van der Waals surface area contributed by atoms with Gasteiger partial charge in [-0.15, -0.1) is 0 Å². The second-order valence-corrected chi connectivity index (χ2v) is 11.7. The van der Waals surface area contributed by atoms with E-state index in [1.165, 1.54) is 10.1 Å². The van der Waals surface area contributed by atoms with Crippen LogP contribution in [-0.4, -0.2) is 93.6 Å². The Labute approximate surface area is 230 Å². The summed E-state index contributed by atoms with van der Waals surface area (Å²) in [7, 11) is 2.16. The quantitative estimate of drug-likeness (QED) is 0.459. The molecule has 4 rings (SSSR count). The number of hydrogen-bond donors (Lipinski definition) is 3. The van der Waals surface area contributed by atoms with Crippen LogP contribution in [0.25, 0.3) is 5.69 Å². The molecule has 1 atom stereocenters. The summed E-state index contributed by atoms with van der Waals surface area (Å²) >= 11 is 0. The smallest absolute Gasteiger partial charge is 0.338 e. The molecule has 1 aliphatic carbocycles. The predicted molar refractivity (Wildman–Crippen MR) is 152 cm³/mol. The van der Waals surface area contributed by atoms with Gasteiger partial charge in [0.05, 0.1) is 11.2 Å². The van der Waals surface area contributed by atoms with Gasteiger partial charge in [-0.3, -0.25) is 14.7 Å². The Morgan fingerprint density at radius 3 is 2.28 bits per heavy atom. The molecule has 1 aliphatic heterocycles. The highest BCUT2D eigenvalue weighted by Crippen LogP contribution is 2.27. The van der Waals surface area contributed by atoms with Gasteiger partial charge in [-0.2, -0.15) is 4.98 Å². The summed E-state index contributed by atoms with van der Waals surface area (Å²) in [5.41, 5.74) is 12.3. The van der Waals surface area contributed by atoms with E-state index in [2.05, 4.69) is 29.2 Å². The minimum Gasteiger partial charge on any atom is -0.338 e. The third kappa shape index (κ3) is 7.23. The molecule has 0 radical (unpaired) electrons. The largest absolute Gasteiger partial charge is 0.354 e. The first-order chi connectivity index (χ1) is 18.4. The minimum atomic E-state index is -0.946. The lowest BCUT2D eigenvalue weighted by Crippen LogP contribution is -2.58. The Bertz CT molecular complexity index is 1210. The number of piperazine rings is 1. The van der Waals surface area contributed by atoms with E-state index in [9.17, 15) is 14.4 Å². The summed E-state index contributed by atoms with van der Waals surface area (Å²) < 4.78 is 1.45. The summed E-state index contributed by atoms with van der Waals surface area (Å²) in [5, 5.41) is 2.69. The number of amides is 3. The van der Waals surface area contributed by atoms with E-state index < -0.39 is 11.2 Å². The van der Waals surface area contributed by atoms with Crippen molar-refractivity contribution in [1.29, 1.82) is 0 Å². The zero-order chi connectivity index (χ0) is 28.3. The second kappa shape index (κ2) is 11.8. The number of nitrogens with one attached hydrogen (secondary N) is 1. The highest BCUT2D eigenvalue weighted by atomic mass is 16.2. The topological polar surface area (TPSA) is 143 Å². The van der Waals surface area contributed by atoms with Gasteiger partial charge >= 0.3 is 11.7 Å². The van der Waals surface area contributed by atoms with Crippen molar-refractivity contribution in [3.05, 3.63) is 52.6 Å². The molecule has 0 spiro atoms. The van der Waals surface area contributed by atoms with Crippen molar-refractivity contribution in [2.75, 3.05) is 45.1 Å². The Morgan fingerprint density at radius 2 is 1.72 bits per heavy atom. The molecular formula is C28H42N8O3. The van der Waals surface area contributed by atoms with Crippen molar-refractivity contribution in [2.24, 2.45) is 17.4 Å². The van der Waals surface area contributed by atoms with Gasteiger partial charge in [-0.1, -0.05) is 12.1 Å². The number of aromatic nitrogens is 2. The summed E-state index contributed by atoms with van der Waals surface area (Å²) in [4.78, 5) is 47.5. The maximum Gasteiger partial charge on any atom is 0.354 e. The Kier molecular flexibility index (Phi) is 8.73. The van der Waals surface area contributed by atoms with Crippen molar-refractivity contribution in [2.45, 2.75) is 57.7 Å². The lowest BCUT2D eigenvalue weighted by molar-refractivity contribution is -0.137. The maximum absolute atomic E-state index is 12.7. The monoisotopic (exact) mass is 538 g/mol. The third-order valence-electron chi connectivity index (χ3n) is 7.76. The average molecular weight is 539 g/mol. The molecule has 1 aromatic heterocycles. The van der Waals surface area contributed by atoms with Crippen LogP contribution >= 0.6 is 0 Å². The minimum absolute atomic E-state index is 0.141. The molecule has 1 saturated carbocycles. The van der Waals surface area contributed by atoms with E-state index in [4.69, 9.17) is 11.5 Å². The number of anilines is 1. The Hall–Kier alpha value is -3.28.